The smallest absolute Gasteiger partial charge is 0.307 e. The van der Waals surface area contributed by atoms with E-state index in [1.165, 1.54) is 12.1 Å². The number of hydrogen-bond acceptors (Lipinski definition) is 4. The third kappa shape index (κ3) is 4.78. The van der Waals surface area contributed by atoms with Gasteiger partial charge in [0.25, 0.3) is 5.91 Å². The number of carboxylic acids is 1. The highest BCUT2D eigenvalue weighted by molar-refractivity contribution is 7.97. The van der Waals surface area contributed by atoms with Crippen molar-refractivity contribution < 1.29 is 19.1 Å². The second kappa shape index (κ2) is 8.71. The molecule has 2 aromatic carbocycles. The first-order chi connectivity index (χ1) is 13.0. The molecule has 0 saturated carbocycles. The molecule has 0 spiro atoms. The van der Waals surface area contributed by atoms with Crippen LogP contribution in [0.4, 0.5) is 4.39 Å². The van der Waals surface area contributed by atoms with E-state index in [0.717, 1.165) is 25.3 Å². The summed E-state index contributed by atoms with van der Waals surface area (Å²) < 4.78 is 16.0. The van der Waals surface area contributed by atoms with Crippen LogP contribution in [0.2, 0.25) is 0 Å². The Morgan fingerprint density at radius 2 is 1.89 bits per heavy atom. The van der Waals surface area contributed by atoms with Gasteiger partial charge < -0.3 is 10.0 Å². The van der Waals surface area contributed by atoms with Gasteiger partial charge in [0.15, 0.2) is 0 Å². The van der Waals surface area contributed by atoms with E-state index in [1.807, 2.05) is 0 Å². The Morgan fingerprint density at radius 3 is 2.56 bits per heavy atom. The quantitative estimate of drug-likeness (QED) is 0.766. The SMILES string of the molecule is CCCSN1CCN(C(=O)c2cc(CC(=O)O)cc3ccc(F)cc23)CC1. The molecule has 5 nitrogen and oxygen atoms in total. The van der Waals surface area contributed by atoms with Gasteiger partial charge in [0.2, 0.25) is 0 Å². The standard InChI is InChI=1S/C20H23FN2O3S/c1-2-9-27-23-7-5-22(6-8-23)20(26)18-11-14(12-19(24)25)10-15-3-4-16(21)13-17(15)18/h3-4,10-11,13H,2,5-9,12H2,1H3,(H,24,25). The molecule has 1 fully saturated rings. The van der Waals surface area contributed by atoms with E-state index < -0.39 is 11.8 Å². The maximum absolute atomic E-state index is 13.8. The minimum Gasteiger partial charge on any atom is -0.481 e. The van der Waals surface area contributed by atoms with Crippen LogP contribution in [0.5, 0.6) is 0 Å². The summed E-state index contributed by atoms with van der Waals surface area (Å²) >= 11 is 1.80. The van der Waals surface area contributed by atoms with Crippen LogP contribution in [-0.4, -0.2) is 58.1 Å². The molecule has 0 unspecified atom stereocenters. The summed E-state index contributed by atoms with van der Waals surface area (Å²) in [7, 11) is 0. The van der Waals surface area contributed by atoms with Crippen molar-refractivity contribution in [3.8, 4) is 0 Å². The Kier molecular flexibility index (Phi) is 6.34. The number of benzene rings is 2. The molecular weight excluding hydrogens is 367 g/mol. The number of fused-ring (bicyclic) bond motifs is 1. The van der Waals surface area contributed by atoms with Gasteiger partial charge in [-0.25, -0.2) is 8.70 Å². The van der Waals surface area contributed by atoms with E-state index in [-0.39, 0.29) is 12.3 Å². The van der Waals surface area contributed by atoms with E-state index in [4.69, 9.17) is 5.11 Å². The number of carbonyl (C=O) groups excluding carboxylic acids is 1. The van der Waals surface area contributed by atoms with Gasteiger partial charge in [-0.05, 0) is 41.0 Å². The molecule has 0 aliphatic carbocycles. The molecule has 2 aromatic rings. The molecule has 1 N–H and O–H groups in total. The summed E-state index contributed by atoms with van der Waals surface area (Å²) in [4.78, 5) is 26.0. The van der Waals surface area contributed by atoms with Crippen LogP contribution in [0.15, 0.2) is 30.3 Å². The van der Waals surface area contributed by atoms with Crippen LogP contribution in [0, 0.1) is 5.82 Å². The Balaban J connectivity index is 1.87. The lowest BCUT2D eigenvalue weighted by Crippen LogP contribution is -2.46. The lowest BCUT2D eigenvalue weighted by Gasteiger charge is -2.34. The van der Waals surface area contributed by atoms with Gasteiger partial charge >= 0.3 is 5.97 Å². The molecule has 0 atom stereocenters. The zero-order valence-corrected chi connectivity index (χ0v) is 16.1. The highest BCUT2D eigenvalue weighted by Crippen LogP contribution is 2.25. The fourth-order valence-electron chi connectivity index (χ4n) is 3.26. The van der Waals surface area contributed by atoms with Gasteiger partial charge in [-0.15, -0.1) is 0 Å². The fraction of sp³-hybridized carbons (Fsp3) is 0.400. The predicted molar refractivity (Wildman–Crippen MR) is 105 cm³/mol. The van der Waals surface area contributed by atoms with E-state index in [1.54, 1.807) is 35.0 Å². The lowest BCUT2D eigenvalue weighted by atomic mass is 9.98. The Morgan fingerprint density at radius 1 is 1.15 bits per heavy atom. The van der Waals surface area contributed by atoms with Gasteiger partial charge in [0.05, 0.1) is 6.42 Å². The van der Waals surface area contributed by atoms with Crippen molar-refractivity contribution in [2.24, 2.45) is 0 Å². The maximum atomic E-state index is 13.8. The predicted octanol–water partition coefficient (Wildman–Crippen LogP) is 3.42. The average molecular weight is 390 g/mol. The first-order valence-corrected chi connectivity index (χ1v) is 10.0. The van der Waals surface area contributed by atoms with Crippen molar-refractivity contribution in [2.75, 3.05) is 31.9 Å². The summed E-state index contributed by atoms with van der Waals surface area (Å²) in [6.07, 6.45) is 0.937. The van der Waals surface area contributed by atoms with Crippen LogP contribution in [0.25, 0.3) is 10.8 Å². The van der Waals surface area contributed by atoms with Gasteiger partial charge in [-0.1, -0.05) is 31.0 Å². The minimum atomic E-state index is -0.962. The number of halogens is 1. The summed E-state index contributed by atoms with van der Waals surface area (Å²) in [6, 6.07) is 7.56. The number of hydrogen-bond donors (Lipinski definition) is 1. The Labute approximate surface area is 162 Å². The first kappa shape index (κ1) is 19.6. The van der Waals surface area contributed by atoms with E-state index in [0.29, 0.717) is 35.0 Å². The molecule has 0 aromatic heterocycles. The van der Waals surface area contributed by atoms with E-state index in [2.05, 4.69) is 11.2 Å². The molecule has 144 valence electrons. The second-order valence-electron chi connectivity index (χ2n) is 6.63. The van der Waals surface area contributed by atoms with Crippen LogP contribution in [0.1, 0.15) is 29.3 Å². The molecule has 1 aliphatic rings. The number of nitrogens with zero attached hydrogens (tertiary/aromatic N) is 2. The summed E-state index contributed by atoms with van der Waals surface area (Å²) in [5, 5.41) is 10.3. The van der Waals surface area contributed by atoms with E-state index in [9.17, 15) is 14.0 Å². The van der Waals surface area contributed by atoms with Crippen molar-refractivity contribution in [3.05, 3.63) is 47.3 Å². The van der Waals surface area contributed by atoms with Crippen molar-refractivity contribution in [2.45, 2.75) is 19.8 Å². The lowest BCUT2D eigenvalue weighted by molar-refractivity contribution is -0.136. The molecule has 27 heavy (non-hydrogen) atoms. The maximum Gasteiger partial charge on any atom is 0.307 e. The molecule has 1 saturated heterocycles. The van der Waals surface area contributed by atoms with Crippen LogP contribution >= 0.6 is 11.9 Å². The normalized spacial score (nSPS) is 15.3. The highest BCUT2D eigenvalue weighted by Gasteiger charge is 2.24. The molecule has 0 bridgehead atoms. The Hall–Kier alpha value is -2.12. The number of amides is 1. The number of aliphatic carboxylic acids is 1. The first-order valence-electron chi connectivity index (χ1n) is 9.09. The molecule has 1 aliphatic heterocycles. The number of piperazine rings is 1. The molecule has 1 heterocycles. The molecule has 3 rings (SSSR count). The Bertz CT molecular complexity index is 850. The van der Waals surface area contributed by atoms with E-state index >= 15 is 0 Å². The topological polar surface area (TPSA) is 60.9 Å². The van der Waals surface area contributed by atoms with Crippen LogP contribution in [-0.2, 0) is 11.2 Å². The third-order valence-electron chi connectivity index (χ3n) is 4.57. The zero-order chi connectivity index (χ0) is 19.4. The zero-order valence-electron chi connectivity index (χ0n) is 15.3. The van der Waals surface area contributed by atoms with Gasteiger partial charge in [0, 0.05) is 37.5 Å². The largest absolute Gasteiger partial charge is 0.481 e. The van der Waals surface area contributed by atoms with Crippen molar-refractivity contribution in [1.29, 1.82) is 0 Å². The number of rotatable bonds is 6. The highest BCUT2D eigenvalue weighted by atomic mass is 32.2. The minimum absolute atomic E-state index is 0.169. The molecule has 0 radical (unpaired) electrons. The second-order valence-corrected chi connectivity index (χ2v) is 7.82. The third-order valence-corrected chi connectivity index (χ3v) is 5.89. The fourth-order valence-corrected chi connectivity index (χ4v) is 4.12. The summed E-state index contributed by atoms with van der Waals surface area (Å²) in [5.41, 5.74) is 0.917. The van der Waals surface area contributed by atoms with Crippen LogP contribution in [0.3, 0.4) is 0 Å². The van der Waals surface area contributed by atoms with Crippen molar-refractivity contribution in [3.63, 3.8) is 0 Å². The number of carboxylic acid groups (broad SMARTS) is 1. The molecule has 1 amide bonds. The van der Waals surface area contributed by atoms with Crippen molar-refractivity contribution in [1.82, 2.24) is 9.21 Å². The summed E-state index contributed by atoms with van der Waals surface area (Å²) in [5.74, 6) is -0.479. The van der Waals surface area contributed by atoms with Gasteiger partial charge in [0.1, 0.15) is 5.82 Å². The van der Waals surface area contributed by atoms with Crippen molar-refractivity contribution >= 4 is 34.6 Å². The molecule has 7 heteroatoms. The number of carbonyl (C=O) groups is 2. The van der Waals surface area contributed by atoms with Crippen LogP contribution < -0.4 is 0 Å². The average Bonchev–Trinajstić information content (AvgIpc) is 2.65. The van der Waals surface area contributed by atoms with Gasteiger partial charge in [-0.3, -0.25) is 9.59 Å². The summed E-state index contributed by atoms with van der Waals surface area (Å²) in [6.45, 7) is 4.93. The monoisotopic (exact) mass is 390 g/mol. The molecular formula is C20H23FN2O3S. The van der Waals surface area contributed by atoms with Gasteiger partial charge in [-0.2, -0.15) is 0 Å².